The molecule has 0 atom stereocenters. The molecule has 4 bridgehead atoms. The van der Waals surface area contributed by atoms with Crippen LogP contribution in [0.15, 0.2) is 23.6 Å². The first-order valence-electron chi connectivity index (χ1n) is 11.3. The fourth-order valence-electron chi connectivity index (χ4n) is 6.48. The van der Waals surface area contributed by atoms with E-state index < -0.39 is 0 Å². The third-order valence-electron chi connectivity index (χ3n) is 7.14. The van der Waals surface area contributed by atoms with Gasteiger partial charge in [-0.15, -0.1) is 11.3 Å². The van der Waals surface area contributed by atoms with Crippen molar-refractivity contribution in [2.45, 2.75) is 57.8 Å². The third-order valence-corrected chi connectivity index (χ3v) is 7.90. The molecule has 0 saturated heterocycles. The number of anilines is 3. The Bertz CT molecular complexity index is 1020. The van der Waals surface area contributed by atoms with Crippen molar-refractivity contribution in [1.29, 1.82) is 0 Å². The number of nitrogens with one attached hydrogen (secondary N) is 3. The van der Waals surface area contributed by atoms with Gasteiger partial charge in [0.1, 0.15) is 0 Å². The molecule has 2 aromatic rings. The molecule has 0 spiro atoms. The lowest BCUT2D eigenvalue weighted by Crippen LogP contribution is -2.48. The third kappa shape index (κ3) is 4.16. The molecular formula is C24H28N4O3S. The molecule has 0 unspecified atom stereocenters. The average molecular weight is 453 g/mol. The maximum Gasteiger partial charge on any atom is 0.257 e. The molecule has 32 heavy (non-hydrogen) atoms. The van der Waals surface area contributed by atoms with Crippen LogP contribution in [0.2, 0.25) is 0 Å². The van der Waals surface area contributed by atoms with Crippen LogP contribution < -0.4 is 16.0 Å². The number of thiazole rings is 1. The topological polar surface area (TPSA) is 100 Å². The molecule has 3 amide bonds. The maximum absolute atomic E-state index is 13.0. The molecule has 0 radical (unpaired) electrons. The summed E-state index contributed by atoms with van der Waals surface area (Å²) in [6.45, 7) is 2.79. The summed E-state index contributed by atoms with van der Waals surface area (Å²) in [7, 11) is 0. The number of nitrogens with zero attached hydrogens (tertiary/aromatic N) is 1. The molecule has 1 aromatic heterocycles. The minimum absolute atomic E-state index is 0.193. The number of hydrogen-bond acceptors (Lipinski definition) is 5. The molecular weight excluding hydrogens is 424 g/mol. The van der Waals surface area contributed by atoms with Crippen LogP contribution in [0.1, 0.15) is 68.4 Å². The van der Waals surface area contributed by atoms with Crippen molar-refractivity contribution in [1.82, 2.24) is 4.98 Å². The Kier molecular flexibility index (Phi) is 5.28. The lowest BCUT2D eigenvalue weighted by atomic mass is 9.49. The van der Waals surface area contributed by atoms with Crippen molar-refractivity contribution < 1.29 is 14.4 Å². The van der Waals surface area contributed by atoms with Crippen molar-refractivity contribution in [3.05, 3.63) is 34.8 Å². The highest BCUT2D eigenvalue weighted by molar-refractivity contribution is 7.14. The Morgan fingerprint density at radius 2 is 1.41 bits per heavy atom. The zero-order valence-corrected chi connectivity index (χ0v) is 19.2. The van der Waals surface area contributed by atoms with Crippen molar-refractivity contribution >= 4 is 45.6 Å². The van der Waals surface area contributed by atoms with E-state index in [0.29, 0.717) is 22.1 Å². The molecule has 4 aliphatic carbocycles. The van der Waals surface area contributed by atoms with Gasteiger partial charge in [-0.25, -0.2) is 4.98 Å². The molecule has 7 nitrogen and oxygen atoms in total. The highest BCUT2D eigenvalue weighted by atomic mass is 32.1. The highest BCUT2D eigenvalue weighted by Crippen LogP contribution is 2.60. The Morgan fingerprint density at radius 3 is 1.91 bits per heavy atom. The molecule has 168 valence electrons. The SMILES string of the molecule is CC(=O)Nc1cc(NC(C)=O)cc(C(=O)Nc2nc(C34CC5CC(CC(C5)C3)C4)cs2)c1. The Morgan fingerprint density at radius 1 is 0.875 bits per heavy atom. The van der Waals surface area contributed by atoms with Crippen molar-refractivity contribution in [2.24, 2.45) is 17.8 Å². The summed E-state index contributed by atoms with van der Waals surface area (Å²) in [5, 5.41) is 11.0. The van der Waals surface area contributed by atoms with E-state index in [4.69, 9.17) is 4.98 Å². The van der Waals surface area contributed by atoms with Crippen LogP contribution in [-0.2, 0) is 15.0 Å². The van der Waals surface area contributed by atoms with E-state index in [2.05, 4.69) is 21.3 Å². The van der Waals surface area contributed by atoms with Gasteiger partial charge in [0.25, 0.3) is 5.91 Å². The number of rotatable bonds is 5. The summed E-state index contributed by atoms with van der Waals surface area (Å²) >= 11 is 1.47. The van der Waals surface area contributed by atoms with E-state index in [1.54, 1.807) is 18.2 Å². The number of amides is 3. The quantitative estimate of drug-likeness (QED) is 0.608. The summed E-state index contributed by atoms with van der Waals surface area (Å²) < 4.78 is 0. The number of carbonyl (C=O) groups excluding carboxylic acids is 3. The molecule has 1 heterocycles. The number of aromatic nitrogens is 1. The second kappa shape index (κ2) is 7.99. The van der Waals surface area contributed by atoms with Crippen LogP contribution in [0.5, 0.6) is 0 Å². The average Bonchev–Trinajstić information content (AvgIpc) is 3.15. The first-order chi connectivity index (χ1) is 15.3. The summed E-state index contributed by atoms with van der Waals surface area (Å²) in [5.74, 6) is 1.68. The van der Waals surface area contributed by atoms with E-state index in [9.17, 15) is 14.4 Å². The van der Waals surface area contributed by atoms with Gasteiger partial charge in [0.2, 0.25) is 11.8 Å². The largest absolute Gasteiger partial charge is 0.326 e. The Balaban J connectivity index is 1.35. The van der Waals surface area contributed by atoms with Crippen molar-refractivity contribution in [2.75, 3.05) is 16.0 Å². The first-order valence-corrected chi connectivity index (χ1v) is 12.1. The molecule has 4 fully saturated rings. The number of carbonyl (C=O) groups is 3. The van der Waals surface area contributed by atoms with Gasteiger partial charge in [0, 0.05) is 41.6 Å². The fourth-order valence-corrected chi connectivity index (χ4v) is 7.31. The van der Waals surface area contributed by atoms with Gasteiger partial charge in [-0.3, -0.25) is 19.7 Å². The fraction of sp³-hybridized carbons (Fsp3) is 0.500. The lowest BCUT2D eigenvalue weighted by Gasteiger charge is -2.56. The van der Waals surface area contributed by atoms with Gasteiger partial charge < -0.3 is 10.6 Å². The predicted molar refractivity (Wildman–Crippen MR) is 125 cm³/mol. The number of benzene rings is 1. The van der Waals surface area contributed by atoms with Crippen LogP contribution in [0, 0.1) is 17.8 Å². The lowest BCUT2D eigenvalue weighted by molar-refractivity contribution is -0.115. The molecule has 4 saturated carbocycles. The van der Waals surface area contributed by atoms with Crippen LogP contribution in [-0.4, -0.2) is 22.7 Å². The van der Waals surface area contributed by atoms with E-state index in [1.165, 1.54) is 63.7 Å². The van der Waals surface area contributed by atoms with Crippen LogP contribution in [0.25, 0.3) is 0 Å². The van der Waals surface area contributed by atoms with E-state index in [-0.39, 0.29) is 23.1 Å². The minimum atomic E-state index is -0.324. The van der Waals surface area contributed by atoms with E-state index in [0.717, 1.165) is 23.4 Å². The summed E-state index contributed by atoms with van der Waals surface area (Å²) in [6, 6.07) is 4.80. The van der Waals surface area contributed by atoms with Gasteiger partial charge in [0.15, 0.2) is 5.13 Å². The molecule has 3 N–H and O–H groups in total. The zero-order chi connectivity index (χ0) is 22.5. The summed E-state index contributed by atoms with van der Waals surface area (Å²) in [4.78, 5) is 40.8. The summed E-state index contributed by atoms with van der Waals surface area (Å²) in [6.07, 6.45) is 7.84. The first kappa shape index (κ1) is 21.1. The zero-order valence-electron chi connectivity index (χ0n) is 18.4. The highest BCUT2D eigenvalue weighted by Gasteiger charge is 2.52. The Labute approximate surface area is 191 Å². The predicted octanol–water partition coefficient (Wildman–Crippen LogP) is 4.78. The molecule has 0 aliphatic heterocycles. The normalized spacial score (nSPS) is 27.8. The summed E-state index contributed by atoms with van der Waals surface area (Å²) in [5.41, 5.74) is 2.57. The smallest absolute Gasteiger partial charge is 0.257 e. The second-order valence-electron chi connectivity index (χ2n) is 9.85. The molecule has 4 aliphatic rings. The van der Waals surface area contributed by atoms with Gasteiger partial charge in [-0.2, -0.15) is 0 Å². The maximum atomic E-state index is 13.0. The van der Waals surface area contributed by atoms with Crippen molar-refractivity contribution in [3.8, 4) is 0 Å². The van der Waals surface area contributed by atoms with Crippen LogP contribution >= 0.6 is 11.3 Å². The molecule has 6 rings (SSSR count). The van der Waals surface area contributed by atoms with E-state index >= 15 is 0 Å². The minimum Gasteiger partial charge on any atom is -0.326 e. The van der Waals surface area contributed by atoms with Gasteiger partial charge >= 0.3 is 0 Å². The van der Waals surface area contributed by atoms with Crippen molar-refractivity contribution in [3.63, 3.8) is 0 Å². The van der Waals surface area contributed by atoms with Gasteiger partial charge in [0.05, 0.1) is 5.69 Å². The van der Waals surface area contributed by atoms with E-state index in [1.807, 2.05) is 0 Å². The van der Waals surface area contributed by atoms with Gasteiger partial charge in [-0.1, -0.05) is 0 Å². The standard InChI is InChI=1S/C24H28N4O3S/c1-13(29)25-19-6-18(7-20(8-19)26-14(2)30)22(31)28-23-27-21(12-32-23)24-9-15-3-16(10-24)5-17(4-15)11-24/h6-8,12,15-17H,3-5,9-11H2,1-2H3,(H,25,29)(H,26,30)(H,27,28,31). The number of hydrogen-bond donors (Lipinski definition) is 3. The molecule has 1 aromatic carbocycles. The Hall–Kier alpha value is -2.74. The monoisotopic (exact) mass is 452 g/mol. The second-order valence-corrected chi connectivity index (χ2v) is 10.7. The van der Waals surface area contributed by atoms with Gasteiger partial charge in [-0.05, 0) is 74.5 Å². The van der Waals surface area contributed by atoms with Crippen LogP contribution in [0.3, 0.4) is 0 Å². The molecule has 8 heteroatoms. The van der Waals surface area contributed by atoms with Crippen LogP contribution in [0.4, 0.5) is 16.5 Å².